The van der Waals surface area contributed by atoms with E-state index in [2.05, 4.69) is 33.4 Å². The lowest BCUT2D eigenvalue weighted by Gasteiger charge is -2.37. The maximum absolute atomic E-state index is 12.7. The van der Waals surface area contributed by atoms with E-state index >= 15 is 0 Å². The average molecular weight is 438 g/mol. The molecule has 2 N–H and O–H groups in total. The highest BCUT2D eigenvalue weighted by molar-refractivity contribution is 9.10. The molecule has 6 heteroatoms. The summed E-state index contributed by atoms with van der Waals surface area (Å²) in [7, 11) is 0. The van der Waals surface area contributed by atoms with Gasteiger partial charge in [-0.2, -0.15) is 0 Å². The molecule has 1 aromatic carbocycles. The molecule has 3 atom stereocenters. The predicted molar refractivity (Wildman–Crippen MR) is 107 cm³/mol. The van der Waals surface area contributed by atoms with E-state index in [4.69, 9.17) is 9.47 Å². The van der Waals surface area contributed by atoms with E-state index in [-0.39, 0.29) is 30.4 Å². The van der Waals surface area contributed by atoms with Crippen LogP contribution in [0.2, 0.25) is 0 Å². The highest BCUT2D eigenvalue weighted by Crippen LogP contribution is 2.39. The molecule has 1 amide bonds. The predicted octanol–water partition coefficient (Wildman–Crippen LogP) is 3.87. The van der Waals surface area contributed by atoms with E-state index in [1.807, 2.05) is 25.1 Å². The molecule has 1 aromatic rings. The molecule has 3 rings (SSSR count). The van der Waals surface area contributed by atoms with Crippen LogP contribution in [0.5, 0.6) is 0 Å². The van der Waals surface area contributed by atoms with E-state index in [0.717, 1.165) is 35.7 Å². The van der Waals surface area contributed by atoms with Gasteiger partial charge in [0.15, 0.2) is 5.76 Å². The number of carbonyl (C=O) groups excluding carboxylic acids is 1. The van der Waals surface area contributed by atoms with E-state index in [1.54, 1.807) is 0 Å². The molecule has 0 unspecified atom stereocenters. The van der Waals surface area contributed by atoms with Gasteiger partial charge in [0.1, 0.15) is 0 Å². The summed E-state index contributed by atoms with van der Waals surface area (Å²) >= 11 is 3.48. The Bertz CT molecular complexity index is 657. The number of nitrogens with one attached hydrogen (secondary N) is 1. The molecule has 148 valence electrons. The SMILES string of the molecule is CCO[C@H]1OC(C(=O)NC2CCC2)=C[C@@H](c2ccc(Br)cc2)[C@@H]1CCCO. The topological polar surface area (TPSA) is 67.8 Å². The van der Waals surface area contributed by atoms with E-state index < -0.39 is 6.29 Å². The van der Waals surface area contributed by atoms with Gasteiger partial charge in [0.25, 0.3) is 5.91 Å². The maximum Gasteiger partial charge on any atom is 0.286 e. The van der Waals surface area contributed by atoms with Gasteiger partial charge in [-0.25, -0.2) is 0 Å². The Morgan fingerprint density at radius 1 is 1.33 bits per heavy atom. The molecule has 1 saturated carbocycles. The zero-order chi connectivity index (χ0) is 19.2. The summed E-state index contributed by atoms with van der Waals surface area (Å²) in [4.78, 5) is 12.7. The average Bonchev–Trinajstić information content (AvgIpc) is 2.64. The van der Waals surface area contributed by atoms with Crippen molar-refractivity contribution in [2.75, 3.05) is 13.2 Å². The van der Waals surface area contributed by atoms with E-state index in [9.17, 15) is 9.90 Å². The van der Waals surface area contributed by atoms with Gasteiger partial charge in [0.2, 0.25) is 6.29 Å². The first-order valence-corrected chi connectivity index (χ1v) is 10.6. The number of aliphatic hydroxyl groups is 1. The minimum absolute atomic E-state index is 0.00269. The molecule has 0 bridgehead atoms. The van der Waals surface area contributed by atoms with Gasteiger partial charge >= 0.3 is 0 Å². The van der Waals surface area contributed by atoms with E-state index in [1.165, 1.54) is 0 Å². The largest absolute Gasteiger partial charge is 0.459 e. The molecule has 2 aliphatic rings. The second kappa shape index (κ2) is 9.71. The van der Waals surface area contributed by atoms with Gasteiger partial charge in [-0.3, -0.25) is 4.79 Å². The summed E-state index contributed by atoms with van der Waals surface area (Å²) < 4.78 is 12.9. The Labute approximate surface area is 169 Å². The van der Waals surface area contributed by atoms with Crippen LogP contribution >= 0.6 is 15.9 Å². The summed E-state index contributed by atoms with van der Waals surface area (Å²) in [6.07, 6.45) is 6.08. The lowest BCUT2D eigenvalue weighted by Crippen LogP contribution is -2.43. The minimum atomic E-state index is -0.498. The number of hydrogen-bond acceptors (Lipinski definition) is 4. The van der Waals surface area contributed by atoms with Crippen LogP contribution in [0.4, 0.5) is 0 Å². The fourth-order valence-electron chi connectivity index (χ4n) is 3.64. The van der Waals surface area contributed by atoms with Crippen molar-refractivity contribution in [1.29, 1.82) is 0 Å². The van der Waals surface area contributed by atoms with Crippen LogP contribution in [0.1, 0.15) is 50.5 Å². The first-order valence-electron chi connectivity index (χ1n) is 9.79. The molecule has 0 spiro atoms. The number of allylic oxidation sites excluding steroid dienone is 1. The van der Waals surface area contributed by atoms with Gasteiger partial charge in [-0.15, -0.1) is 0 Å². The Morgan fingerprint density at radius 3 is 2.67 bits per heavy atom. The van der Waals surface area contributed by atoms with Crippen LogP contribution < -0.4 is 5.32 Å². The van der Waals surface area contributed by atoms with Gasteiger partial charge < -0.3 is 19.9 Å². The standard InChI is InChI=1S/C21H28BrNO4/c1-2-26-21-17(7-4-12-24)18(14-8-10-15(22)11-9-14)13-19(27-21)20(25)23-16-5-3-6-16/h8-11,13,16-18,21,24H,2-7,12H2,1H3,(H,23,25)/t17-,18-,21-/m0/s1. The number of halogens is 1. The number of aliphatic hydroxyl groups excluding tert-OH is 1. The molecule has 27 heavy (non-hydrogen) atoms. The molecule has 5 nitrogen and oxygen atoms in total. The number of ether oxygens (including phenoxy) is 2. The lowest BCUT2D eigenvalue weighted by molar-refractivity contribution is -0.167. The van der Waals surface area contributed by atoms with Crippen molar-refractivity contribution in [3.63, 3.8) is 0 Å². The first-order chi connectivity index (χ1) is 13.1. The van der Waals surface area contributed by atoms with Crippen LogP contribution in [0.25, 0.3) is 0 Å². The normalized spacial score (nSPS) is 25.3. The Kier molecular flexibility index (Phi) is 7.33. The van der Waals surface area contributed by atoms with Gasteiger partial charge in [0, 0.05) is 35.6 Å². The van der Waals surface area contributed by atoms with Crippen molar-refractivity contribution in [2.24, 2.45) is 5.92 Å². The second-order valence-electron chi connectivity index (χ2n) is 7.18. The van der Waals surface area contributed by atoms with Crippen LogP contribution in [0.3, 0.4) is 0 Å². The lowest BCUT2D eigenvalue weighted by atomic mass is 9.80. The monoisotopic (exact) mass is 437 g/mol. The zero-order valence-electron chi connectivity index (χ0n) is 15.7. The van der Waals surface area contributed by atoms with Crippen LogP contribution in [0, 0.1) is 5.92 Å². The molecule has 1 aliphatic carbocycles. The highest BCUT2D eigenvalue weighted by atomic mass is 79.9. The van der Waals surface area contributed by atoms with Crippen molar-refractivity contribution < 1.29 is 19.4 Å². The summed E-state index contributed by atoms with van der Waals surface area (Å²) in [5, 5.41) is 12.4. The van der Waals surface area contributed by atoms with Crippen LogP contribution in [0.15, 0.2) is 40.6 Å². The summed E-state index contributed by atoms with van der Waals surface area (Å²) in [6.45, 7) is 2.56. The summed E-state index contributed by atoms with van der Waals surface area (Å²) in [5.41, 5.74) is 1.11. The van der Waals surface area contributed by atoms with Gasteiger partial charge in [-0.05, 0) is 62.8 Å². The fraction of sp³-hybridized carbons (Fsp3) is 0.571. The number of benzene rings is 1. The van der Waals surface area contributed by atoms with Crippen LogP contribution in [-0.4, -0.2) is 36.6 Å². The molecule has 1 aliphatic heterocycles. The number of rotatable bonds is 8. The molecule has 1 fully saturated rings. The molecule has 0 aromatic heterocycles. The maximum atomic E-state index is 12.7. The first kappa shape index (κ1) is 20.4. The third-order valence-electron chi connectivity index (χ3n) is 5.33. The molecular weight excluding hydrogens is 410 g/mol. The Morgan fingerprint density at radius 2 is 2.07 bits per heavy atom. The van der Waals surface area contributed by atoms with E-state index in [0.29, 0.717) is 18.8 Å². The zero-order valence-corrected chi connectivity index (χ0v) is 17.3. The summed E-state index contributed by atoms with van der Waals surface area (Å²) in [5.74, 6) is 0.219. The van der Waals surface area contributed by atoms with Gasteiger partial charge in [0.05, 0.1) is 0 Å². The van der Waals surface area contributed by atoms with Crippen molar-refractivity contribution in [1.82, 2.24) is 5.32 Å². The quantitative estimate of drug-likeness (QED) is 0.647. The molecule has 1 heterocycles. The van der Waals surface area contributed by atoms with Crippen molar-refractivity contribution in [3.05, 3.63) is 46.1 Å². The molecular formula is C21H28BrNO4. The van der Waals surface area contributed by atoms with Crippen molar-refractivity contribution in [2.45, 2.75) is 57.3 Å². The van der Waals surface area contributed by atoms with Crippen molar-refractivity contribution in [3.8, 4) is 0 Å². The number of hydrogen-bond donors (Lipinski definition) is 2. The second-order valence-corrected chi connectivity index (χ2v) is 8.10. The smallest absolute Gasteiger partial charge is 0.286 e. The van der Waals surface area contributed by atoms with Crippen LogP contribution in [-0.2, 0) is 14.3 Å². The number of amides is 1. The molecule has 0 radical (unpaired) electrons. The third kappa shape index (κ3) is 5.12. The Balaban J connectivity index is 1.88. The van der Waals surface area contributed by atoms with Crippen molar-refractivity contribution >= 4 is 21.8 Å². The third-order valence-corrected chi connectivity index (χ3v) is 5.86. The minimum Gasteiger partial charge on any atom is -0.459 e. The fourth-order valence-corrected chi connectivity index (χ4v) is 3.90. The molecule has 0 saturated heterocycles. The number of carbonyl (C=O) groups is 1. The highest BCUT2D eigenvalue weighted by Gasteiger charge is 2.38. The van der Waals surface area contributed by atoms with Gasteiger partial charge in [-0.1, -0.05) is 28.1 Å². The Hall–Kier alpha value is -1.37. The summed E-state index contributed by atoms with van der Waals surface area (Å²) in [6, 6.07) is 8.39.